The van der Waals surface area contributed by atoms with Gasteiger partial charge in [-0.2, -0.15) is 0 Å². The smallest absolute Gasteiger partial charge is 0.252 e. The quantitative estimate of drug-likeness (QED) is 0.818. The van der Waals surface area contributed by atoms with Gasteiger partial charge in [0.1, 0.15) is 0 Å². The summed E-state index contributed by atoms with van der Waals surface area (Å²) >= 11 is 7.67. The van der Waals surface area contributed by atoms with Crippen molar-refractivity contribution < 1.29 is 4.79 Å². The maximum atomic E-state index is 12.4. The van der Waals surface area contributed by atoms with Crippen molar-refractivity contribution in [3.63, 3.8) is 0 Å². The Morgan fingerprint density at radius 3 is 2.62 bits per heavy atom. The van der Waals surface area contributed by atoms with Gasteiger partial charge in [0.25, 0.3) is 5.91 Å². The van der Waals surface area contributed by atoms with E-state index >= 15 is 0 Å². The van der Waals surface area contributed by atoms with E-state index in [0.717, 1.165) is 30.1 Å². The fraction of sp³-hybridized carbons (Fsp3) is 0.421. The minimum Gasteiger partial charge on any atom is -0.350 e. The van der Waals surface area contributed by atoms with Crippen molar-refractivity contribution in [3.05, 3.63) is 56.7 Å². The number of nitrogens with one attached hydrogen (secondary N) is 1. The Labute approximate surface area is 152 Å². The van der Waals surface area contributed by atoms with Crippen molar-refractivity contribution in [1.82, 2.24) is 10.2 Å². The third-order valence-corrected chi connectivity index (χ3v) is 5.89. The fourth-order valence-corrected chi connectivity index (χ4v) is 4.11. The van der Waals surface area contributed by atoms with Gasteiger partial charge in [-0.1, -0.05) is 30.7 Å². The highest BCUT2D eigenvalue weighted by atomic mass is 35.5. The Morgan fingerprint density at radius 1 is 1.29 bits per heavy atom. The number of hydrogen-bond acceptors (Lipinski definition) is 3. The Bertz CT molecular complexity index is 677. The Kier molecular flexibility index (Phi) is 5.93. The Balaban J connectivity index is 1.69. The van der Waals surface area contributed by atoms with Gasteiger partial charge in [-0.3, -0.25) is 9.69 Å². The summed E-state index contributed by atoms with van der Waals surface area (Å²) in [5.41, 5.74) is 1.98. The SMILES string of the molecule is CCc1cc(C(=O)NCC(c2ccc(Cl)cc2)N2CCCC2)cs1. The maximum Gasteiger partial charge on any atom is 0.252 e. The summed E-state index contributed by atoms with van der Waals surface area (Å²) in [5, 5.41) is 5.81. The standard InChI is InChI=1S/C19H23ClN2OS/c1-2-17-11-15(13-24-17)19(23)21-12-18(22-9-3-4-10-22)14-5-7-16(20)8-6-14/h5-8,11,13,18H,2-4,9-10,12H2,1H3,(H,21,23). The third-order valence-electron chi connectivity index (χ3n) is 4.56. The second-order valence-electron chi connectivity index (χ2n) is 6.18. The molecule has 0 bridgehead atoms. The topological polar surface area (TPSA) is 32.3 Å². The number of likely N-dealkylation sites (tertiary alicyclic amines) is 1. The number of thiophene rings is 1. The van der Waals surface area contributed by atoms with E-state index < -0.39 is 0 Å². The van der Waals surface area contributed by atoms with Gasteiger partial charge in [-0.05, 0) is 56.1 Å². The molecule has 1 fully saturated rings. The highest BCUT2D eigenvalue weighted by Crippen LogP contribution is 2.26. The summed E-state index contributed by atoms with van der Waals surface area (Å²) in [6.07, 6.45) is 3.42. The van der Waals surface area contributed by atoms with E-state index in [4.69, 9.17) is 11.6 Å². The molecule has 0 aliphatic carbocycles. The van der Waals surface area contributed by atoms with E-state index in [1.54, 1.807) is 11.3 Å². The van der Waals surface area contributed by atoms with Crippen LogP contribution in [0.2, 0.25) is 5.02 Å². The normalized spacial score (nSPS) is 16.2. The molecule has 1 N–H and O–H groups in total. The highest BCUT2D eigenvalue weighted by Gasteiger charge is 2.24. The lowest BCUT2D eigenvalue weighted by Gasteiger charge is -2.28. The van der Waals surface area contributed by atoms with Crippen LogP contribution < -0.4 is 5.32 Å². The number of rotatable bonds is 6. The zero-order valence-corrected chi connectivity index (χ0v) is 15.5. The van der Waals surface area contributed by atoms with Crippen molar-refractivity contribution in [2.45, 2.75) is 32.2 Å². The van der Waals surface area contributed by atoms with Crippen LogP contribution in [0.25, 0.3) is 0 Å². The van der Waals surface area contributed by atoms with Crippen molar-refractivity contribution in [2.75, 3.05) is 19.6 Å². The van der Waals surface area contributed by atoms with Crippen LogP contribution in [-0.2, 0) is 6.42 Å². The summed E-state index contributed by atoms with van der Waals surface area (Å²) < 4.78 is 0. The largest absolute Gasteiger partial charge is 0.350 e. The number of carbonyl (C=O) groups excluding carboxylic acids is 1. The van der Waals surface area contributed by atoms with E-state index in [2.05, 4.69) is 29.3 Å². The molecule has 1 unspecified atom stereocenters. The molecule has 1 atom stereocenters. The molecule has 3 rings (SSSR count). The van der Waals surface area contributed by atoms with Crippen molar-refractivity contribution in [2.24, 2.45) is 0 Å². The summed E-state index contributed by atoms with van der Waals surface area (Å²) in [6, 6.07) is 10.2. The molecular weight excluding hydrogens is 340 g/mol. The predicted octanol–water partition coefficient (Wildman–Crippen LogP) is 4.53. The molecular formula is C19H23ClN2OS. The van der Waals surface area contributed by atoms with Gasteiger partial charge < -0.3 is 5.32 Å². The van der Waals surface area contributed by atoms with Gasteiger partial charge in [0, 0.05) is 21.8 Å². The molecule has 3 nitrogen and oxygen atoms in total. The average molecular weight is 363 g/mol. The molecule has 2 aromatic rings. The van der Waals surface area contributed by atoms with E-state index in [-0.39, 0.29) is 11.9 Å². The first-order valence-electron chi connectivity index (χ1n) is 8.52. The van der Waals surface area contributed by atoms with Crippen molar-refractivity contribution >= 4 is 28.8 Å². The number of aryl methyl sites for hydroxylation is 1. The molecule has 0 saturated carbocycles. The third kappa shape index (κ3) is 4.18. The number of halogens is 1. The second kappa shape index (κ2) is 8.15. The highest BCUT2D eigenvalue weighted by molar-refractivity contribution is 7.10. The minimum absolute atomic E-state index is 0.0177. The Hall–Kier alpha value is -1.36. The van der Waals surface area contributed by atoms with E-state index in [1.807, 2.05) is 23.6 Å². The minimum atomic E-state index is 0.0177. The lowest BCUT2D eigenvalue weighted by molar-refractivity contribution is 0.0938. The number of carbonyl (C=O) groups is 1. The summed E-state index contributed by atoms with van der Waals surface area (Å²) in [5.74, 6) is 0.0177. The van der Waals surface area contributed by atoms with Crippen LogP contribution >= 0.6 is 22.9 Å². The van der Waals surface area contributed by atoms with Crippen LogP contribution in [0.15, 0.2) is 35.7 Å². The maximum absolute atomic E-state index is 12.4. The molecule has 1 aliphatic heterocycles. The van der Waals surface area contributed by atoms with Crippen LogP contribution in [0, 0.1) is 0 Å². The monoisotopic (exact) mass is 362 g/mol. The average Bonchev–Trinajstić information content (AvgIpc) is 3.28. The molecule has 1 aromatic heterocycles. The van der Waals surface area contributed by atoms with Gasteiger partial charge in [-0.15, -0.1) is 11.3 Å². The van der Waals surface area contributed by atoms with Gasteiger partial charge in [0.2, 0.25) is 0 Å². The van der Waals surface area contributed by atoms with Crippen LogP contribution in [0.1, 0.15) is 46.6 Å². The molecule has 0 spiro atoms. The van der Waals surface area contributed by atoms with E-state index in [1.165, 1.54) is 23.3 Å². The van der Waals surface area contributed by atoms with Gasteiger partial charge >= 0.3 is 0 Å². The van der Waals surface area contributed by atoms with Crippen LogP contribution in [0.5, 0.6) is 0 Å². The molecule has 1 aromatic carbocycles. The lowest BCUT2D eigenvalue weighted by atomic mass is 10.1. The zero-order chi connectivity index (χ0) is 16.9. The Morgan fingerprint density at radius 2 is 2.00 bits per heavy atom. The van der Waals surface area contributed by atoms with E-state index in [0.29, 0.717) is 6.54 Å². The van der Waals surface area contributed by atoms with Crippen molar-refractivity contribution in [1.29, 1.82) is 0 Å². The molecule has 5 heteroatoms. The van der Waals surface area contributed by atoms with Crippen LogP contribution in [0.4, 0.5) is 0 Å². The molecule has 1 saturated heterocycles. The number of hydrogen-bond donors (Lipinski definition) is 1. The fourth-order valence-electron chi connectivity index (χ4n) is 3.17. The van der Waals surface area contributed by atoms with Gasteiger partial charge in [0.15, 0.2) is 0 Å². The number of benzene rings is 1. The lowest BCUT2D eigenvalue weighted by Crippen LogP contribution is -2.36. The van der Waals surface area contributed by atoms with Crippen LogP contribution in [0.3, 0.4) is 0 Å². The predicted molar refractivity (Wildman–Crippen MR) is 101 cm³/mol. The van der Waals surface area contributed by atoms with E-state index in [9.17, 15) is 4.79 Å². The second-order valence-corrected chi connectivity index (χ2v) is 7.61. The molecule has 128 valence electrons. The molecule has 2 heterocycles. The number of amides is 1. The zero-order valence-electron chi connectivity index (χ0n) is 13.9. The summed E-state index contributed by atoms with van der Waals surface area (Å²) in [6.45, 7) is 4.90. The summed E-state index contributed by atoms with van der Waals surface area (Å²) in [4.78, 5) is 16.1. The first kappa shape index (κ1) is 17.5. The number of nitrogens with zero attached hydrogens (tertiary/aromatic N) is 1. The summed E-state index contributed by atoms with van der Waals surface area (Å²) in [7, 11) is 0. The molecule has 0 radical (unpaired) electrons. The first-order chi connectivity index (χ1) is 11.7. The van der Waals surface area contributed by atoms with Gasteiger partial charge in [-0.25, -0.2) is 0 Å². The molecule has 1 aliphatic rings. The molecule has 24 heavy (non-hydrogen) atoms. The molecule has 1 amide bonds. The first-order valence-corrected chi connectivity index (χ1v) is 9.78. The van der Waals surface area contributed by atoms with Gasteiger partial charge in [0.05, 0.1) is 11.6 Å². The van der Waals surface area contributed by atoms with Crippen LogP contribution in [-0.4, -0.2) is 30.4 Å². The van der Waals surface area contributed by atoms with Crippen molar-refractivity contribution in [3.8, 4) is 0 Å².